The number of ether oxygens (including phenoxy) is 1. The third-order valence-corrected chi connectivity index (χ3v) is 8.26. The molecule has 1 unspecified atom stereocenters. The Morgan fingerprint density at radius 3 is 2.07 bits per heavy atom. The molecule has 0 fully saturated rings. The molecule has 0 saturated carbocycles. The minimum absolute atomic E-state index is 0.0802. The Labute approximate surface area is 247 Å². The van der Waals surface area contributed by atoms with Crippen LogP contribution in [0.4, 0.5) is 5.69 Å². The molecule has 0 spiro atoms. The number of hydrogen-bond acceptors (Lipinski definition) is 3. The lowest BCUT2D eigenvalue weighted by Gasteiger charge is -2.25. The Morgan fingerprint density at radius 2 is 1.33 bits per heavy atom. The molecule has 42 heavy (non-hydrogen) atoms. The highest BCUT2D eigenvalue weighted by Gasteiger charge is 2.38. The summed E-state index contributed by atoms with van der Waals surface area (Å²) in [5.41, 5.74) is 9.01. The topological polar surface area (TPSA) is 29.5 Å². The summed E-state index contributed by atoms with van der Waals surface area (Å²) in [5, 5.41) is 0. The second kappa shape index (κ2) is 11.0. The van der Waals surface area contributed by atoms with Gasteiger partial charge in [0.1, 0.15) is 11.5 Å². The summed E-state index contributed by atoms with van der Waals surface area (Å²) in [5.74, 6) is 1.43. The number of fused-ring (bicyclic) bond motifs is 2. The number of carbonyl (C=O) groups excluding carboxylic acids is 1. The lowest BCUT2D eigenvalue weighted by atomic mass is 9.84. The minimum atomic E-state index is -0.146. The highest BCUT2D eigenvalue weighted by atomic mass is 16.5. The van der Waals surface area contributed by atoms with Crippen molar-refractivity contribution in [2.75, 3.05) is 11.4 Å². The second-order valence-corrected chi connectivity index (χ2v) is 10.7. The minimum Gasteiger partial charge on any atom is -0.456 e. The van der Waals surface area contributed by atoms with Crippen LogP contribution in [-0.4, -0.2) is 12.3 Å². The van der Waals surface area contributed by atoms with Gasteiger partial charge in [-0.25, -0.2) is 0 Å². The van der Waals surface area contributed by atoms with E-state index >= 15 is 0 Å². The van der Waals surface area contributed by atoms with Gasteiger partial charge in [-0.1, -0.05) is 103 Å². The summed E-state index contributed by atoms with van der Waals surface area (Å²) >= 11 is 0. The summed E-state index contributed by atoms with van der Waals surface area (Å²) in [6, 6.07) is 45.4. The standard InChI is InChI=1S/C39H31NO2/c1-2-40(26-27-13-5-3-6-14-27)30-23-21-28(22-24-30)36-25-34(31-17-11-12-20-35(31)42-36)38-37(29-15-7-4-8-16-29)32-18-9-10-19-33(32)39(38)41/h3-25,37H,2,26H2,1H3/b38-34-. The highest BCUT2D eigenvalue weighted by Crippen LogP contribution is 2.48. The summed E-state index contributed by atoms with van der Waals surface area (Å²) in [7, 11) is 0. The molecule has 3 nitrogen and oxygen atoms in total. The van der Waals surface area contributed by atoms with Gasteiger partial charge in [-0.3, -0.25) is 4.79 Å². The average Bonchev–Trinajstić information content (AvgIpc) is 3.36. The predicted molar refractivity (Wildman–Crippen MR) is 171 cm³/mol. The molecular formula is C39H31NO2. The van der Waals surface area contributed by atoms with Crippen molar-refractivity contribution in [2.45, 2.75) is 19.4 Å². The number of para-hydroxylation sites is 1. The van der Waals surface area contributed by atoms with E-state index in [2.05, 4.69) is 90.7 Å². The molecule has 0 N–H and O–H groups in total. The predicted octanol–water partition coefficient (Wildman–Crippen LogP) is 8.93. The first-order valence-electron chi connectivity index (χ1n) is 14.5. The van der Waals surface area contributed by atoms with Crippen LogP contribution in [0.25, 0.3) is 11.3 Å². The maximum Gasteiger partial charge on any atom is 0.190 e. The second-order valence-electron chi connectivity index (χ2n) is 10.7. The fourth-order valence-corrected chi connectivity index (χ4v) is 6.18. The molecule has 204 valence electrons. The van der Waals surface area contributed by atoms with Crippen molar-refractivity contribution in [3.8, 4) is 5.75 Å². The van der Waals surface area contributed by atoms with Crippen molar-refractivity contribution in [1.29, 1.82) is 0 Å². The lowest BCUT2D eigenvalue weighted by Crippen LogP contribution is -2.21. The fraction of sp³-hybridized carbons (Fsp3) is 0.103. The van der Waals surface area contributed by atoms with E-state index in [1.54, 1.807) is 0 Å². The van der Waals surface area contributed by atoms with Gasteiger partial charge in [0.05, 0.1) is 0 Å². The number of hydrogen-bond donors (Lipinski definition) is 0. The van der Waals surface area contributed by atoms with Gasteiger partial charge in [0.25, 0.3) is 0 Å². The molecule has 0 radical (unpaired) electrons. The number of benzene rings is 5. The first-order chi connectivity index (χ1) is 20.7. The molecule has 7 rings (SSSR count). The SMILES string of the molecule is CCN(Cc1ccccc1)c1ccc(C2=C/C(=C3/C(=O)c4ccccc4C3c3ccccc3)c3ccccc3O2)cc1. The van der Waals surface area contributed by atoms with E-state index in [0.717, 1.165) is 69.2 Å². The van der Waals surface area contributed by atoms with E-state index in [9.17, 15) is 4.79 Å². The highest BCUT2D eigenvalue weighted by molar-refractivity contribution is 6.20. The smallest absolute Gasteiger partial charge is 0.190 e. The number of Topliss-reactive ketones (excluding diaryl/α,β-unsaturated/α-hetero) is 1. The van der Waals surface area contributed by atoms with Crippen LogP contribution in [0.1, 0.15) is 51.0 Å². The number of ketones is 1. The fourth-order valence-electron chi connectivity index (χ4n) is 6.18. The largest absolute Gasteiger partial charge is 0.456 e. The number of rotatable bonds is 6. The van der Waals surface area contributed by atoms with Crippen LogP contribution >= 0.6 is 0 Å². The Bertz CT molecular complexity index is 1820. The van der Waals surface area contributed by atoms with Gasteiger partial charge in [-0.15, -0.1) is 0 Å². The van der Waals surface area contributed by atoms with Crippen LogP contribution in [-0.2, 0) is 6.54 Å². The van der Waals surface area contributed by atoms with Crippen molar-refractivity contribution in [2.24, 2.45) is 0 Å². The molecule has 1 aliphatic carbocycles. The zero-order chi connectivity index (χ0) is 28.5. The van der Waals surface area contributed by atoms with E-state index in [0.29, 0.717) is 0 Å². The van der Waals surface area contributed by atoms with Crippen molar-refractivity contribution in [3.05, 3.63) is 178 Å². The van der Waals surface area contributed by atoms with Crippen molar-refractivity contribution in [1.82, 2.24) is 0 Å². The Kier molecular flexibility index (Phi) is 6.77. The molecule has 0 amide bonds. The van der Waals surface area contributed by atoms with Crippen LogP contribution in [0.5, 0.6) is 5.75 Å². The average molecular weight is 546 g/mol. The van der Waals surface area contributed by atoms with Crippen molar-refractivity contribution >= 4 is 22.8 Å². The monoisotopic (exact) mass is 545 g/mol. The summed E-state index contributed by atoms with van der Waals surface area (Å²) in [4.78, 5) is 16.5. The van der Waals surface area contributed by atoms with Crippen LogP contribution in [0.15, 0.2) is 145 Å². The Morgan fingerprint density at radius 1 is 0.690 bits per heavy atom. The van der Waals surface area contributed by atoms with E-state index in [4.69, 9.17) is 4.74 Å². The van der Waals surface area contributed by atoms with Crippen molar-refractivity contribution < 1.29 is 9.53 Å². The molecule has 0 bridgehead atoms. The molecule has 3 heteroatoms. The summed E-state index contributed by atoms with van der Waals surface area (Å²) < 4.78 is 6.49. The normalized spacial score (nSPS) is 17.2. The van der Waals surface area contributed by atoms with Gasteiger partial charge in [-0.2, -0.15) is 0 Å². The van der Waals surface area contributed by atoms with Gasteiger partial charge in [-0.05, 0) is 65.6 Å². The number of carbonyl (C=O) groups is 1. The van der Waals surface area contributed by atoms with E-state index < -0.39 is 0 Å². The van der Waals surface area contributed by atoms with Gasteiger partial charge >= 0.3 is 0 Å². The zero-order valence-electron chi connectivity index (χ0n) is 23.5. The van der Waals surface area contributed by atoms with Gasteiger partial charge in [0.15, 0.2) is 5.78 Å². The molecule has 1 aliphatic heterocycles. The van der Waals surface area contributed by atoms with Crippen LogP contribution in [0.3, 0.4) is 0 Å². The van der Waals surface area contributed by atoms with Crippen LogP contribution in [0, 0.1) is 0 Å². The zero-order valence-corrected chi connectivity index (χ0v) is 23.5. The van der Waals surface area contributed by atoms with E-state index in [1.165, 1.54) is 5.56 Å². The molecule has 0 saturated heterocycles. The van der Waals surface area contributed by atoms with E-state index in [1.807, 2.05) is 60.7 Å². The Hall–Kier alpha value is -5.15. The molecule has 0 aromatic heterocycles. The van der Waals surface area contributed by atoms with Gasteiger partial charge in [0, 0.05) is 47.0 Å². The number of anilines is 1. The molecule has 5 aromatic rings. The maximum absolute atomic E-state index is 14.1. The quantitative estimate of drug-likeness (QED) is 0.200. The molecule has 1 heterocycles. The third kappa shape index (κ3) is 4.63. The van der Waals surface area contributed by atoms with Crippen LogP contribution in [0.2, 0.25) is 0 Å². The summed E-state index contributed by atoms with van der Waals surface area (Å²) in [6.45, 7) is 3.93. The lowest BCUT2D eigenvalue weighted by molar-refractivity contribution is 0.103. The van der Waals surface area contributed by atoms with Crippen molar-refractivity contribution in [3.63, 3.8) is 0 Å². The number of allylic oxidation sites excluding steroid dienone is 3. The Balaban J connectivity index is 1.32. The van der Waals surface area contributed by atoms with E-state index in [-0.39, 0.29) is 11.7 Å². The number of nitrogens with zero attached hydrogens (tertiary/aromatic N) is 1. The third-order valence-electron chi connectivity index (χ3n) is 8.26. The molecular weight excluding hydrogens is 514 g/mol. The molecule has 2 aliphatic rings. The van der Waals surface area contributed by atoms with Gasteiger partial charge < -0.3 is 9.64 Å². The first kappa shape index (κ1) is 25.8. The van der Waals surface area contributed by atoms with Crippen LogP contribution < -0.4 is 9.64 Å². The first-order valence-corrected chi connectivity index (χ1v) is 14.5. The summed E-state index contributed by atoms with van der Waals surface area (Å²) in [6.07, 6.45) is 2.06. The molecule has 1 atom stereocenters. The van der Waals surface area contributed by atoms with Gasteiger partial charge in [0.2, 0.25) is 0 Å². The molecule has 5 aromatic carbocycles. The maximum atomic E-state index is 14.1.